The summed E-state index contributed by atoms with van der Waals surface area (Å²) in [6.07, 6.45) is 5.76. The van der Waals surface area contributed by atoms with E-state index in [1.165, 1.54) is 0 Å². The van der Waals surface area contributed by atoms with Crippen LogP contribution in [0.2, 0.25) is 0 Å². The fourth-order valence-corrected chi connectivity index (χ4v) is 5.77. The summed E-state index contributed by atoms with van der Waals surface area (Å²) < 4.78 is 3.76. The first-order chi connectivity index (χ1) is 21.2. The fraction of sp³-hybridized carbons (Fsp3) is 0.455. The SMILES string of the molecule is CC[C@H](C)[C@@H]1NC(=O)CCCN(C(=O)Cc2cnc3c(C)cccn23)CCn2nc(C)nc2[C@H](Cc2ccccc2)NC1=O. The van der Waals surface area contributed by atoms with Gasteiger partial charge >= 0.3 is 0 Å². The Kier molecular flexibility index (Phi) is 9.72. The Labute approximate surface area is 258 Å². The molecule has 0 saturated carbocycles. The van der Waals surface area contributed by atoms with E-state index in [4.69, 9.17) is 4.98 Å². The fourth-order valence-electron chi connectivity index (χ4n) is 5.77. The zero-order chi connectivity index (χ0) is 31.2. The number of nitrogens with one attached hydrogen (secondary N) is 2. The highest BCUT2D eigenvalue weighted by atomic mass is 16.2. The average Bonchev–Trinajstić information content (AvgIpc) is 3.60. The van der Waals surface area contributed by atoms with E-state index in [-0.39, 0.29) is 36.5 Å². The number of aryl methyl sites for hydroxylation is 2. The number of rotatable bonds is 6. The maximum Gasteiger partial charge on any atom is 0.243 e. The van der Waals surface area contributed by atoms with Gasteiger partial charge in [-0.25, -0.2) is 14.6 Å². The van der Waals surface area contributed by atoms with Crippen molar-refractivity contribution in [2.24, 2.45) is 5.92 Å². The summed E-state index contributed by atoms with van der Waals surface area (Å²) in [7, 11) is 0. The molecule has 0 saturated heterocycles. The molecule has 3 atom stereocenters. The van der Waals surface area contributed by atoms with Gasteiger partial charge < -0.3 is 19.9 Å². The normalized spacial score (nSPS) is 19.1. The smallest absolute Gasteiger partial charge is 0.243 e. The van der Waals surface area contributed by atoms with E-state index in [2.05, 4.69) is 20.7 Å². The first-order valence-corrected chi connectivity index (χ1v) is 15.5. The second kappa shape index (κ2) is 13.8. The van der Waals surface area contributed by atoms with Crippen LogP contribution in [0.25, 0.3) is 5.65 Å². The third kappa shape index (κ3) is 7.15. The van der Waals surface area contributed by atoms with Gasteiger partial charge in [0.05, 0.1) is 24.7 Å². The lowest BCUT2D eigenvalue weighted by atomic mass is 9.97. The number of carbonyl (C=O) groups excluding carboxylic acids is 3. The predicted molar refractivity (Wildman–Crippen MR) is 167 cm³/mol. The van der Waals surface area contributed by atoms with Gasteiger partial charge in [0.2, 0.25) is 17.7 Å². The molecule has 3 amide bonds. The van der Waals surface area contributed by atoms with Gasteiger partial charge in [-0.05, 0) is 49.8 Å². The standard InChI is InChI=1S/C33H42N8O3/c1-5-22(2)30-33(44)36-27(19-25-12-7-6-8-13-25)32-35-24(4)38-41(32)18-17-39(15-10-14-28(42)37-30)29(43)20-26-21-34-31-23(3)11-9-16-40(26)31/h6-9,11-13,16,21-22,27,30H,5,10,14-15,17-20H2,1-4H3,(H,36,44)(H,37,42)/t22-,27-,30-/m0/s1. The molecule has 1 aliphatic heterocycles. The van der Waals surface area contributed by atoms with Crippen molar-refractivity contribution in [3.63, 3.8) is 0 Å². The zero-order valence-corrected chi connectivity index (χ0v) is 26.0. The van der Waals surface area contributed by atoms with Gasteiger partial charge in [0, 0.05) is 31.9 Å². The molecule has 0 aliphatic carbocycles. The summed E-state index contributed by atoms with van der Waals surface area (Å²) in [4.78, 5) is 51.6. The lowest BCUT2D eigenvalue weighted by Gasteiger charge is -2.28. The Hall–Kier alpha value is -4.54. The minimum absolute atomic E-state index is 0.0502. The molecular formula is C33H42N8O3. The molecule has 4 heterocycles. The molecule has 0 spiro atoms. The van der Waals surface area contributed by atoms with Crippen LogP contribution >= 0.6 is 0 Å². The summed E-state index contributed by atoms with van der Waals surface area (Å²) in [6, 6.07) is 12.7. The van der Waals surface area contributed by atoms with Crippen LogP contribution in [0.1, 0.15) is 67.6 Å². The van der Waals surface area contributed by atoms with Gasteiger partial charge in [-0.3, -0.25) is 14.4 Å². The van der Waals surface area contributed by atoms with Gasteiger partial charge in [-0.15, -0.1) is 0 Å². The van der Waals surface area contributed by atoms with Crippen LogP contribution in [-0.2, 0) is 33.8 Å². The number of hydrogen-bond acceptors (Lipinski definition) is 6. The van der Waals surface area contributed by atoms with E-state index in [9.17, 15) is 14.4 Å². The summed E-state index contributed by atoms with van der Waals surface area (Å²) in [5.41, 5.74) is 3.72. The molecule has 11 nitrogen and oxygen atoms in total. The molecule has 0 radical (unpaired) electrons. The highest BCUT2D eigenvalue weighted by molar-refractivity contribution is 5.88. The molecule has 0 bridgehead atoms. The van der Waals surface area contributed by atoms with E-state index in [0.29, 0.717) is 44.1 Å². The van der Waals surface area contributed by atoms with Crippen molar-refractivity contribution in [2.75, 3.05) is 13.1 Å². The van der Waals surface area contributed by atoms with Gasteiger partial charge in [-0.2, -0.15) is 5.10 Å². The van der Waals surface area contributed by atoms with Crippen LogP contribution in [0.5, 0.6) is 0 Å². The number of pyridine rings is 1. The van der Waals surface area contributed by atoms with Gasteiger partial charge in [0.25, 0.3) is 0 Å². The minimum atomic E-state index is -0.692. The van der Waals surface area contributed by atoms with Crippen LogP contribution in [0, 0.1) is 19.8 Å². The topological polar surface area (TPSA) is 127 Å². The number of fused-ring (bicyclic) bond motifs is 2. The van der Waals surface area contributed by atoms with Crippen LogP contribution in [0.15, 0.2) is 54.9 Å². The molecule has 11 heteroatoms. The van der Waals surface area contributed by atoms with E-state index in [1.807, 2.05) is 85.4 Å². The molecule has 232 valence electrons. The van der Waals surface area contributed by atoms with Crippen molar-refractivity contribution in [1.82, 2.24) is 39.7 Å². The Morgan fingerprint density at radius 2 is 1.84 bits per heavy atom. The van der Waals surface area contributed by atoms with E-state index < -0.39 is 12.1 Å². The van der Waals surface area contributed by atoms with Crippen LogP contribution in [-0.4, -0.2) is 65.9 Å². The van der Waals surface area contributed by atoms with Gasteiger partial charge in [-0.1, -0.05) is 56.7 Å². The molecule has 4 aromatic rings. The number of imidazole rings is 1. The predicted octanol–water partition coefficient (Wildman–Crippen LogP) is 3.34. The maximum atomic E-state index is 13.7. The monoisotopic (exact) mass is 598 g/mol. The Bertz CT molecular complexity index is 1610. The maximum absolute atomic E-state index is 13.7. The Morgan fingerprint density at radius 1 is 1.05 bits per heavy atom. The number of hydrogen-bond donors (Lipinski definition) is 2. The third-order valence-corrected chi connectivity index (χ3v) is 8.44. The lowest BCUT2D eigenvalue weighted by molar-refractivity contribution is -0.132. The highest BCUT2D eigenvalue weighted by Gasteiger charge is 2.31. The second-order valence-electron chi connectivity index (χ2n) is 11.7. The number of nitrogens with zero attached hydrogens (tertiary/aromatic N) is 6. The number of carbonyl (C=O) groups is 3. The molecule has 1 aromatic carbocycles. The molecule has 44 heavy (non-hydrogen) atoms. The van der Waals surface area contributed by atoms with E-state index >= 15 is 0 Å². The van der Waals surface area contributed by atoms with Gasteiger partial charge in [0.1, 0.15) is 23.3 Å². The van der Waals surface area contributed by atoms with Crippen molar-refractivity contribution in [3.05, 3.63) is 83.3 Å². The van der Waals surface area contributed by atoms with Crippen molar-refractivity contribution < 1.29 is 14.4 Å². The quantitative estimate of drug-likeness (QED) is 0.351. The highest BCUT2D eigenvalue weighted by Crippen LogP contribution is 2.20. The van der Waals surface area contributed by atoms with Crippen LogP contribution in [0.4, 0.5) is 0 Å². The average molecular weight is 599 g/mol. The van der Waals surface area contributed by atoms with Crippen LogP contribution < -0.4 is 10.6 Å². The first kappa shape index (κ1) is 30.9. The third-order valence-electron chi connectivity index (χ3n) is 8.44. The van der Waals surface area contributed by atoms with Crippen molar-refractivity contribution in [3.8, 4) is 0 Å². The first-order valence-electron chi connectivity index (χ1n) is 15.5. The Balaban J connectivity index is 1.45. The zero-order valence-electron chi connectivity index (χ0n) is 26.0. The molecule has 0 fully saturated rings. The molecule has 3 aromatic heterocycles. The van der Waals surface area contributed by atoms with Crippen molar-refractivity contribution in [2.45, 2.75) is 78.4 Å². The molecule has 2 N–H and O–H groups in total. The summed E-state index contributed by atoms with van der Waals surface area (Å²) in [5.74, 6) is 0.642. The molecule has 1 aliphatic rings. The van der Waals surface area contributed by atoms with E-state index in [0.717, 1.165) is 28.9 Å². The summed E-state index contributed by atoms with van der Waals surface area (Å²) >= 11 is 0. The summed E-state index contributed by atoms with van der Waals surface area (Å²) in [5, 5.41) is 10.8. The van der Waals surface area contributed by atoms with E-state index in [1.54, 1.807) is 11.1 Å². The lowest BCUT2D eigenvalue weighted by Crippen LogP contribution is -2.51. The number of amides is 3. The number of aromatic nitrogens is 5. The van der Waals surface area contributed by atoms with Gasteiger partial charge in [0.15, 0.2) is 0 Å². The second-order valence-corrected chi connectivity index (χ2v) is 11.7. The summed E-state index contributed by atoms with van der Waals surface area (Å²) in [6.45, 7) is 8.98. The molecule has 0 unspecified atom stereocenters. The minimum Gasteiger partial charge on any atom is -0.344 e. The molecular weight excluding hydrogens is 556 g/mol. The number of benzene rings is 1. The van der Waals surface area contributed by atoms with Crippen LogP contribution in [0.3, 0.4) is 0 Å². The largest absolute Gasteiger partial charge is 0.344 e. The van der Waals surface area contributed by atoms with Crippen molar-refractivity contribution in [1.29, 1.82) is 0 Å². The molecule has 5 rings (SSSR count). The Morgan fingerprint density at radius 3 is 2.61 bits per heavy atom. The van der Waals surface area contributed by atoms with Crippen molar-refractivity contribution >= 4 is 23.4 Å².